The van der Waals surface area contributed by atoms with Gasteiger partial charge in [-0.3, -0.25) is 9.69 Å². The van der Waals surface area contributed by atoms with Gasteiger partial charge in [-0.05, 0) is 50.9 Å². The van der Waals surface area contributed by atoms with Crippen LogP contribution in [0.4, 0.5) is 18.0 Å². The molecule has 240 valence electrons. The molecule has 2 unspecified atom stereocenters. The molecule has 5 aliphatic rings. The number of carboxylic acids is 1. The van der Waals surface area contributed by atoms with E-state index in [-0.39, 0.29) is 29.7 Å². The van der Waals surface area contributed by atoms with Gasteiger partial charge in [0.1, 0.15) is 11.7 Å². The average Bonchev–Trinajstić information content (AvgIpc) is 3.60. The molecule has 5 fully saturated rings. The Kier molecular flexibility index (Phi) is 11.4. The summed E-state index contributed by atoms with van der Waals surface area (Å²) in [5, 5.41) is 7.12. The Balaban J connectivity index is 0.000000517. The summed E-state index contributed by atoms with van der Waals surface area (Å²) >= 11 is 0. The molecule has 0 aromatic heterocycles. The van der Waals surface area contributed by atoms with Crippen LogP contribution in [0.15, 0.2) is 0 Å². The third kappa shape index (κ3) is 8.09. The van der Waals surface area contributed by atoms with Gasteiger partial charge in [-0.1, -0.05) is 39.0 Å². The maximum Gasteiger partial charge on any atom is 0.490 e. The number of carbonyl (C=O) groups is 3. The van der Waals surface area contributed by atoms with E-state index < -0.39 is 12.1 Å². The molecule has 2 atom stereocenters. The molecule has 0 aromatic rings. The zero-order valence-corrected chi connectivity index (χ0v) is 24.9. The number of aliphatic carboxylic acids is 1. The molecule has 0 radical (unpaired) electrons. The number of rotatable bonds is 7. The van der Waals surface area contributed by atoms with Crippen LogP contribution < -0.4 is 0 Å². The number of ether oxygens (including phenoxy) is 2. The Morgan fingerprint density at radius 1 is 0.976 bits per heavy atom. The number of likely N-dealkylation sites (tertiary alicyclic amines) is 2. The first-order valence-corrected chi connectivity index (χ1v) is 16.0. The first kappa shape index (κ1) is 32.8. The molecule has 4 heterocycles. The number of nitrogens with zero attached hydrogens (tertiary/aromatic N) is 3. The van der Waals surface area contributed by atoms with E-state index in [9.17, 15) is 22.8 Å². The van der Waals surface area contributed by atoms with Gasteiger partial charge in [-0.25, -0.2) is 9.59 Å². The van der Waals surface area contributed by atoms with E-state index in [2.05, 4.69) is 16.7 Å². The molecule has 4 saturated heterocycles. The van der Waals surface area contributed by atoms with Gasteiger partial charge in [0.05, 0.1) is 6.04 Å². The molecule has 9 nitrogen and oxygen atoms in total. The molecule has 2 amide bonds. The third-order valence-corrected chi connectivity index (χ3v) is 9.90. The molecule has 1 spiro atoms. The van der Waals surface area contributed by atoms with Crippen LogP contribution in [0, 0.1) is 5.92 Å². The van der Waals surface area contributed by atoms with Gasteiger partial charge in [0.2, 0.25) is 0 Å². The Labute approximate surface area is 247 Å². The van der Waals surface area contributed by atoms with Crippen molar-refractivity contribution in [3.63, 3.8) is 0 Å². The fraction of sp³-hybridized carbons (Fsp3) is 0.900. The van der Waals surface area contributed by atoms with Crippen LogP contribution >= 0.6 is 0 Å². The predicted octanol–water partition coefficient (Wildman–Crippen LogP) is 5.22. The van der Waals surface area contributed by atoms with E-state index in [0.29, 0.717) is 12.0 Å². The summed E-state index contributed by atoms with van der Waals surface area (Å²) in [7, 11) is 0. The number of carbonyl (C=O) groups excluding carboxylic acids is 2. The van der Waals surface area contributed by atoms with E-state index in [4.69, 9.17) is 19.4 Å². The number of unbranched alkanes of at least 4 members (excludes halogenated alkanes) is 1. The molecule has 5 rings (SSSR count). The lowest BCUT2D eigenvalue weighted by Gasteiger charge is -2.46. The van der Waals surface area contributed by atoms with Crippen molar-refractivity contribution in [2.45, 2.75) is 127 Å². The third-order valence-electron chi connectivity index (χ3n) is 9.90. The summed E-state index contributed by atoms with van der Waals surface area (Å²) in [6.45, 7) is 7.55. The van der Waals surface area contributed by atoms with Crippen LogP contribution in [0.1, 0.15) is 96.8 Å². The SMILES string of the molecule is CCCCC1N(CC2CCCCC2)C(=O)OC12CCN(C1CCN(C(=O)C3CCCO3)CC1)CC2.O=C(O)C(F)(F)F. The minimum atomic E-state index is -5.08. The Bertz CT molecular complexity index is 906. The van der Waals surface area contributed by atoms with Gasteiger partial charge in [0, 0.05) is 58.2 Å². The normalized spacial score (nSPS) is 27.6. The lowest BCUT2D eigenvalue weighted by atomic mass is 9.80. The Morgan fingerprint density at radius 2 is 1.62 bits per heavy atom. The lowest BCUT2D eigenvalue weighted by molar-refractivity contribution is -0.192. The monoisotopic (exact) mass is 603 g/mol. The quantitative estimate of drug-likeness (QED) is 0.426. The summed E-state index contributed by atoms with van der Waals surface area (Å²) in [5.41, 5.74) is -0.298. The topological polar surface area (TPSA) is 99.6 Å². The van der Waals surface area contributed by atoms with Crippen LogP contribution in [0.5, 0.6) is 0 Å². The highest BCUT2D eigenvalue weighted by molar-refractivity contribution is 5.81. The standard InChI is InChI=1S/C28H47N3O4.C2HF3O2/c1-2-3-11-25-28(35-27(33)31(25)21-22-8-5-4-6-9-22)14-18-29(19-15-28)23-12-16-30(17-13-23)26(32)24-10-7-20-34-24;3-2(4,5)1(6)7/h22-25H,2-21H2,1H3;(H,6,7). The smallest absolute Gasteiger partial charge is 0.475 e. The highest BCUT2D eigenvalue weighted by atomic mass is 19.4. The van der Waals surface area contributed by atoms with Crippen molar-refractivity contribution in [2.24, 2.45) is 5.92 Å². The van der Waals surface area contributed by atoms with E-state index in [1.54, 1.807) is 0 Å². The molecule has 1 saturated carbocycles. The van der Waals surface area contributed by atoms with Crippen molar-refractivity contribution in [2.75, 3.05) is 39.3 Å². The zero-order chi connectivity index (χ0) is 30.3. The van der Waals surface area contributed by atoms with Crippen molar-refractivity contribution in [3.8, 4) is 0 Å². The number of piperidine rings is 2. The summed E-state index contributed by atoms with van der Waals surface area (Å²) in [6.07, 6.45) is 10.4. The van der Waals surface area contributed by atoms with E-state index >= 15 is 0 Å². The summed E-state index contributed by atoms with van der Waals surface area (Å²) in [4.78, 5) is 41.5. The molecule has 0 aromatic carbocycles. The van der Waals surface area contributed by atoms with Gasteiger partial charge in [-0.15, -0.1) is 0 Å². The van der Waals surface area contributed by atoms with Crippen molar-refractivity contribution < 1.29 is 42.1 Å². The molecule has 12 heteroatoms. The van der Waals surface area contributed by atoms with Crippen LogP contribution in [0.25, 0.3) is 0 Å². The fourth-order valence-corrected chi connectivity index (χ4v) is 7.51. The highest BCUT2D eigenvalue weighted by Crippen LogP contribution is 2.43. The second-order valence-electron chi connectivity index (χ2n) is 12.6. The number of amides is 2. The zero-order valence-electron chi connectivity index (χ0n) is 24.9. The Morgan fingerprint density at radius 3 is 2.17 bits per heavy atom. The molecule has 1 N–H and O–H groups in total. The molecular formula is C30H48F3N3O6. The van der Waals surface area contributed by atoms with Gasteiger partial charge < -0.3 is 24.4 Å². The van der Waals surface area contributed by atoms with Gasteiger partial charge >= 0.3 is 18.2 Å². The molecule has 1 aliphatic carbocycles. The minimum absolute atomic E-state index is 0.0499. The average molecular weight is 604 g/mol. The van der Waals surface area contributed by atoms with Crippen LogP contribution in [-0.4, -0.2) is 107 Å². The van der Waals surface area contributed by atoms with E-state index in [1.807, 2.05) is 4.90 Å². The van der Waals surface area contributed by atoms with E-state index in [0.717, 1.165) is 97.1 Å². The van der Waals surface area contributed by atoms with Gasteiger partial charge in [0.25, 0.3) is 5.91 Å². The fourth-order valence-electron chi connectivity index (χ4n) is 7.51. The second kappa shape index (κ2) is 14.6. The highest BCUT2D eigenvalue weighted by Gasteiger charge is 2.55. The van der Waals surface area contributed by atoms with Crippen molar-refractivity contribution in [1.82, 2.24) is 14.7 Å². The molecule has 0 bridgehead atoms. The summed E-state index contributed by atoms with van der Waals surface area (Å²) < 4.78 is 43.6. The van der Waals surface area contributed by atoms with Crippen LogP contribution in [0.3, 0.4) is 0 Å². The summed E-state index contributed by atoms with van der Waals surface area (Å²) in [6, 6.07) is 0.773. The second-order valence-corrected chi connectivity index (χ2v) is 12.6. The maximum atomic E-state index is 13.1. The largest absolute Gasteiger partial charge is 0.490 e. The number of alkyl halides is 3. The first-order chi connectivity index (χ1) is 20.0. The maximum absolute atomic E-state index is 13.1. The van der Waals surface area contributed by atoms with E-state index in [1.165, 1.54) is 32.1 Å². The van der Waals surface area contributed by atoms with Crippen molar-refractivity contribution >= 4 is 18.0 Å². The number of carboxylic acid groups (broad SMARTS) is 1. The molecule has 42 heavy (non-hydrogen) atoms. The molecular weight excluding hydrogens is 555 g/mol. The first-order valence-electron chi connectivity index (χ1n) is 16.0. The van der Waals surface area contributed by atoms with Gasteiger partial charge in [0.15, 0.2) is 0 Å². The van der Waals surface area contributed by atoms with Gasteiger partial charge in [-0.2, -0.15) is 13.2 Å². The number of hydrogen-bond acceptors (Lipinski definition) is 6. The van der Waals surface area contributed by atoms with Crippen molar-refractivity contribution in [3.05, 3.63) is 0 Å². The lowest BCUT2D eigenvalue weighted by Crippen LogP contribution is -2.56. The number of halogens is 3. The summed E-state index contributed by atoms with van der Waals surface area (Å²) in [5.74, 6) is -1.90. The predicted molar refractivity (Wildman–Crippen MR) is 149 cm³/mol. The van der Waals surface area contributed by atoms with Crippen LogP contribution in [0.2, 0.25) is 0 Å². The van der Waals surface area contributed by atoms with Crippen molar-refractivity contribution in [1.29, 1.82) is 0 Å². The Hall–Kier alpha value is -2.08. The molecule has 4 aliphatic heterocycles. The number of hydrogen-bond donors (Lipinski definition) is 1. The minimum Gasteiger partial charge on any atom is -0.475 e. The van der Waals surface area contributed by atoms with Crippen LogP contribution in [-0.2, 0) is 19.1 Å².